The van der Waals surface area contributed by atoms with E-state index in [1.165, 1.54) is 5.06 Å². The summed E-state index contributed by atoms with van der Waals surface area (Å²) in [5, 5.41) is 5.29. The van der Waals surface area contributed by atoms with E-state index in [1.807, 2.05) is 6.92 Å². The molecule has 0 atom stereocenters. The molecule has 0 N–H and O–H groups in total. The second-order valence-corrected chi connectivity index (χ2v) is 3.75. The first kappa shape index (κ1) is 9.54. The van der Waals surface area contributed by atoms with Crippen molar-refractivity contribution in [2.45, 2.75) is 19.8 Å². The first-order valence-corrected chi connectivity index (χ1v) is 5.36. The molecule has 0 unspecified atom stereocenters. The molecule has 0 spiro atoms. The van der Waals surface area contributed by atoms with Crippen LogP contribution < -0.4 is 0 Å². The first-order valence-electron chi connectivity index (χ1n) is 4.59. The molecule has 0 saturated carbocycles. The molecule has 0 bridgehead atoms. The van der Waals surface area contributed by atoms with Crippen LogP contribution in [-0.4, -0.2) is 33.7 Å². The van der Waals surface area contributed by atoms with E-state index < -0.39 is 0 Å². The van der Waals surface area contributed by atoms with Crippen molar-refractivity contribution in [3.05, 3.63) is 10.6 Å². The Morgan fingerprint density at radius 3 is 3.21 bits per heavy atom. The van der Waals surface area contributed by atoms with Gasteiger partial charge in [-0.15, -0.1) is 5.10 Å². The third kappa shape index (κ3) is 1.62. The number of carbonyl (C=O) groups excluding carboxylic acids is 1. The summed E-state index contributed by atoms with van der Waals surface area (Å²) >= 11 is 1.14. The molecule has 0 aliphatic carbocycles. The Balaban J connectivity index is 2.17. The van der Waals surface area contributed by atoms with Crippen LogP contribution >= 0.6 is 11.5 Å². The van der Waals surface area contributed by atoms with Gasteiger partial charge in [-0.3, -0.25) is 9.63 Å². The number of hydrogen-bond acceptors (Lipinski definition) is 5. The zero-order valence-electron chi connectivity index (χ0n) is 7.89. The molecule has 1 aliphatic heterocycles. The summed E-state index contributed by atoms with van der Waals surface area (Å²) in [7, 11) is 0. The van der Waals surface area contributed by atoms with Crippen molar-refractivity contribution in [3.63, 3.8) is 0 Å². The highest BCUT2D eigenvalue weighted by Crippen LogP contribution is 2.16. The van der Waals surface area contributed by atoms with Gasteiger partial charge in [-0.25, -0.2) is 5.06 Å². The monoisotopic (exact) mass is 213 g/mol. The molecule has 2 heterocycles. The Hall–Kier alpha value is -1.01. The Bertz CT molecular complexity index is 333. The van der Waals surface area contributed by atoms with E-state index in [0.29, 0.717) is 18.0 Å². The van der Waals surface area contributed by atoms with Crippen LogP contribution in [0.4, 0.5) is 0 Å². The summed E-state index contributed by atoms with van der Waals surface area (Å²) in [4.78, 5) is 17.6. The third-order valence-corrected chi connectivity index (χ3v) is 2.82. The van der Waals surface area contributed by atoms with Gasteiger partial charge in [0, 0.05) is 0 Å². The van der Waals surface area contributed by atoms with Gasteiger partial charge in [-0.05, 0) is 24.4 Å². The molecular formula is C8H11N3O2S. The summed E-state index contributed by atoms with van der Waals surface area (Å²) in [5.41, 5.74) is 0.760. The summed E-state index contributed by atoms with van der Waals surface area (Å²) < 4.78 is 3.77. The van der Waals surface area contributed by atoms with Gasteiger partial charge in [0.2, 0.25) is 0 Å². The summed E-state index contributed by atoms with van der Waals surface area (Å²) in [6.45, 7) is 3.25. The molecule has 1 fully saturated rings. The average Bonchev–Trinajstić information content (AvgIpc) is 2.87. The van der Waals surface area contributed by atoms with Gasteiger partial charge in [0.25, 0.3) is 5.91 Å². The fraction of sp³-hybridized carbons (Fsp3) is 0.625. The number of nitrogens with zero attached hydrogens (tertiary/aromatic N) is 3. The van der Waals surface area contributed by atoms with Crippen LogP contribution in [0.2, 0.25) is 0 Å². The molecule has 2 rings (SSSR count). The molecule has 1 amide bonds. The molecule has 1 saturated heterocycles. The molecule has 1 aliphatic rings. The Morgan fingerprint density at radius 2 is 2.57 bits per heavy atom. The maximum absolute atomic E-state index is 11.8. The largest absolute Gasteiger partial charge is 0.291 e. The first-order chi connectivity index (χ1) is 6.83. The quantitative estimate of drug-likeness (QED) is 0.731. The van der Waals surface area contributed by atoms with Crippen LogP contribution in [0.5, 0.6) is 0 Å². The lowest BCUT2D eigenvalue weighted by Gasteiger charge is -2.12. The fourth-order valence-corrected chi connectivity index (χ4v) is 2.01. The second-order valence-electron chi connectivity index (χ2n) is 3.00. The molecule has 5 nitrogen and oxygen atoms in total. The molecule has 0 aromatic carbocycles. The van der Waals surface area contributed by atoms with E-state index in [1.54, 1.807) is 0 Å². The topological polar surface area (TPSA) is 55.3 Å². The van der Waals surface area contributed by atoms with E-state index in [2.05, 4.69) is 9.59 Å². The van der Waals surface area contributed by atoms with Gasteiger partial charge in [-0.2, -0.15) is 0 Å². The standard InChI is InChI=1S/C8H11N3O2S/c1-2-6-7(14-10-9-6)8(12)11-4-3-5-13-11/h2-5H2,1H3. The van der Waals surface area contributed by atoms with Crippen molar-refractivity contribution in [3.8, 4) is 0 Å². The van der Waals surface area contributed by atoms with E-state index in [0.717, 1.165) is 30.1 Å². The fourth-order valence-electron chi connectivity index (χ4n) is 1.32. The SMILES string of the molecule is CCc1nnsc1C(=O)N1CCCO1. The van der Waals surface area contributed by atoms with Crippen molar-refractivity contribution in [1.29, 1.82) is 0 Å². The van der Waals surface area contributed by atoms with Gasteiger partial charge in [0.15, 0.2) is 0 Å². The van der Waals surface area contributed by atoms with Crippen LogP contribution in [0.25, 0.3) is 0 Å². The van der Waals surface area contributed by atoms with E-state index >= 15 is 0 Å². The van der Waals surface area contributed by atoms with Crippen LogP contribution in [0.15, 0.2) is 0 Å². The van der Waals surface area contributed by atoms with Gasteiger partial charge in [-0.1, -0.05) is 11.4 Å². The van der Waals surface area contributed by atoms with E-state index in [9.17, 15) is 4.79 Å². The Kier molecular flexibility index (Phi) is 2.74. The maximum atomic E-state index is 11.8. The van der Waals surface area contributed by atoms with Crippen molar-refractivity contribution in [1.82, 2.24) is 14.7 Å². The van der Waals surface area contributed by atoms with Gasteiger partial charge in [0.05, 0.1) is 18.8 Å². The zero-order valence-corrected chi connectivity index (χ0v) is 8.71. The van der Waals surface area contributed by atoms with Crippen molar-refractivity contribution >= 4 is 17.4 Å². The maximum Gasteiger partial charge on any atom is 0.291 e. The number of carbonyl (C=O) groups is 1. The summed E-state index contributed by atoms with van der Waals surface area (Å²) in [6, 6.07) is 0. The minimum Gasteiger partial charge on any atom is -0.271 e. The number of hydrogen-bond donors (Lipinski definition) is 0. The lowest BCUT2D eigenvalue weighted by atomic mass is 10.3. The number of aromatic nitrogens is 2. The predicted octanol–water partition coefficient (Wildman–Crippen LogP) is 0.878. The van der Waals surface area contributed by atoms with Crippen LogP contribution in [0, 0.1) is 0 Å². The van der Waals surface area contributed by atoms with Gasteiger partial charge >= 0.3 is 0 Å². The Labute approximate surface area is 85.8 Å². The van der Waals surface area contributed by atoms with Crippen molar-refractivity contribution in [2.75, 3.05) is 13.2 Å². The minimum absolute atomic E-state index is 0.102. The minimum atomic E-state index is -0.102. The van der Waals surface area contributed by atoms with Crippen molar-refractivity contribution in [2.24, 2.45) is 0 Å². The lowest BCUT2D eigenvalue weighted by molar-refractivity contribution is -0.0766. The normalized spacial score (nSPS) is 16.2. The zero-order chi connectivity index (χ0) is 9.97. The smallest absolute Gasteiger partial charge is 0.271 e. The summed E-state index contributed by atoms with van der Waals surface area (Å²) in [5.74, 6) is -0.102. The second kappa shape index (κ2) is 4.02. The molecule has 1 aromatic rings. The van der Waals surface area contributed by atoms with Crippen LogP contribution in [0.3, 0.4) is 0 Å². The number of aryl methyl sites for hydroxylation is 1. The highest BCUT2D eigenvalue weighted by atomic mass is 32.1. The lowest BCUT2D eigenvalue weighted by Crippen LogP contribution is -2.26. The molecule has 6 heteroatoms. The van der Waals surface area contributed by atoms with Gasteiger partial charge in [0.1, 0.15) is 4.88 Å². The van der Waals surface area contributed by atoms with Crippen molar-refractivity contribution < 1.29 is 9.63 Å². The summed E-state index contributed by atoms with van der Waals surface area (Å²) in [6.07, 6.45) is 1.63. The van der Waals surface area contributed by atoms with Gasteiger partial charge < -0.3 is 0 Å². The van der Waals surface area contributed by atoms with Crippen LogP contribution in [-0.2, 0) is 11.3 Å². The van der Waals surface area contributed by atoms with E-state index in [4.69, 9.17) is 4.84 Å². The highest BCUT2D eigenvalue weighted by molar-refractivity contribution is 7.07. The van der Waals surface area contributed by atoms with E-state index in [-0.39, 0.29) is 5.91 Å². The number of hydroxylamine groups is 2. The molecule has 0 radical (unpaired) electrons. The molecule has 76 valence electrons. The predicted molar refractivity (Wildman–Crippen MR) is 50.9 cm³/mol. The number of amides is 1. The number of rotatable bonds is 2. The Morgan fingerprint density at radius 1 is 1.71 bits per heavy atom. The molecule has 1 aromatic heterocycles. The third-order valence-electron chi connectivity index (χ3n) is 2.06. The van der Waals surface area contributed by atoms with Crippen LogP contribution in [0.1, 0.15) is 28.7 Å². The highest BCUT2D eigenvalue weighted by Gasteiger charge is 2.25. The average molecular weight is 213 g/mol. The molecule has 14 heavy (non-hydrogen) atoms. The molecular weight excluding hydrogens is 202 g/mol.